The molecular weight excluding hydrogens is 297 g/mol. The monoisotopic (exact) mass is 304 g/mol. The van der Waals surface area contributed by atoms with Gasteiger partial charge in [-0.1, -0.05) is 0 Å². The fourth-order valence-corrected chi connectivity index (χ4v) is 1.23. The number of alkyl halides is 3. The van der Waals surface area contributed by atoms with Gasteiger partial charge >= 0.3 is 17.8 Å². The van der Waals surface area contributed by atoms with Crippen LogP contribution in [0, 0.1) is 21.4 Å². The molecule has 0 fully saturated rings. The van der Waals surface area contributed by atoms with Crippen LogP contribution in [-0.4, -0.2) is 32.7 Å². The van der Waals surface area contributed by atoms with Gasteiger partial charge in [0.1, 0.15) is 6.07 Å². The number of hydrogen-bond donors (Lipinski definition) is 2. The molecule has 21 heavy (non-hydrogen) atoms. The van der Waals surface area contributed by atoms with Gasteiger partial charge in [-0.25, -0.2) is 9.78 Å². The van der Waals surface area contributed by atoms with Gasteiger partial charge in [-0.15, -0.1) is 0 Å². The Bertz CT molecular complexity index is 640. The van der Waals surface area contributed by atoms with Gasteiger partial charge in [-0.3, -0.25) is 10.1 Å². The first kappa shape index (κ1) is 16.2. The second kappa shape index (κ2) is 5.23. The molecule has 1 atom stereocenters. The smallest absolute Gasteiger partial charge is 0.422 e. The highest BCUT2D eigenvalue weighted by Crippen LogP contribution is 2.35. The van der Waals surface area contributed by atoms with Gasteiger partial charge in [0.25, 0.3) is 0 Å². The number of nitro groups is 1. The van der Waals surface area contributed by atoms with Crippen LogP contribution in [0.15, 0.2) is 12.3 Å². The van der Waals surface area contributed by atoms with Crippen LogP contribution < -0.4 is 5.32 Å². The van der Waals surface area contributed by atoms with Crippen LogP contribution in [0.25, 0.3) is 0 Å². The van der Waals surface area contributed by atoms with E-state index < -0.39 is 34.1 Å². The highest BCUT2D eigenvalue weighted by molar-refractivity contribution is 5.84. The average molecular weight is 304 g/mol. The van der Waals surface area contributed by atoms with E-state index in [2.05, 4.69) is 4.98 Å². The molecule has 0 aliphatic rings. The number of nitrogens with zero attached hydrogens (tertiary/aromatic N) is 3. The van der Waals surface area contributed by atoms with Crippen LogP contribution in [0.5, 0.6) is 0 Å². The molecule has 1 heterocycles. The van der Waals surface area contributed by atoms with Crippen molar-refractivity contribution in [1.82, 2.24) is 4.98 Å². The normalized spacial score (nSPS) is 13.9. The first-order valence-electron chi connectivity index (χ1n) is 5.15. The number of anilines is 1. The van der Waals surface area contributed by atoms with Crippen LogP contribution in [0.4, 0.5) is 24.7 Å². The number of halogens is 3. The molecule has 8 nitrogen and oxygen atoms in total. The van der Waals surface area contributed by atoms with Crippen molar-refractivity contribution in [2.45, 2.75) is 18.6 Å². The van der Waals surface area contributed by atoms with Gasteiger partial charge in [-0.05, 0) is 6.92 Å². The second-order valence-electron chi connectivity index (χ2n) is 4.01. The number of hydrogen-bond acceptors (Lipinski definition) is 6. The zero-order chi connectivity index (χ0) is 16.4. The summed E-state index contributed by atoms with van der Waals surface area (Å²) in [4.78, 5) is 23.9. The number of nitriles is 1. The van der Waals surface area contributed by atoms with Crippen LogP contribution in [0.1, 0.15) is 12.5 Å². The van der Waals surface area contributed by atoms with E-state index in [1.165, 1.54) is 11.4 Å². The summed E-state index contributed by atoms with van der Waals surface area (Å²) in [6.07, 6.45) is -4.45. The minimum atomic E-state index is -5.23. The molecule has 0 saturated heterocycles. The van der Waals surface area contributed by atoms with E-state index in [-0.39, 0.29) is 5.56 Å². The maximum atomic E-state index is 12.8. The first-order chi connectivity index (χ1) is 9.52. The Labute approximate surface area is 115 Å². The molecule has 0 aliphatic carbocycles. The van der Waals surface area contributed by atoms with Gasteiger partial charge in [0.05, 0.1) is 10.5 Å². The van der Waals surface area contributed by atoms with Crippen molar-refractivity contribution < 1.29 is 28.0 Å². The van der Waals surface area contributed by atoms with Crippen LogP contribution in [-0.2, 0) is 4.79 Å². The van der Waals surface area contributed by atoms with Gasteiger partial charge < -0.3 is 10.4 Å². The van der Waals surface area contributed by atoms with Gasteiger partial charge in [0, 0.05) is 12.3 Å². The summed E-state index contributed by atoms with van der Waals surface area (Å²) in [6, 6.07) is 2.22. The lowest BCUT2D eigenvalue weighted by atomic mass is 10.0. The van der Waals surface area contributed by atoms with Gasteiger partial charge in [0.2, 0.25) is 11.4 Å². The summed E-state index contributed by atoms with van der Waals surface area (Å²) < 4.78 is 38.5. The van der Waals surface area contributed by atoms with E-state index >= 15 is 0 Å². The van der Waals surface area contributed by atoms with Crippen molar-refractivity contribution in [3.05, 3.63) is 27.9 Å². The SMILES string of the molecule is CC(Nc1ncc(C#N)cc1[N+](=O)[O-])(C(=O)O)C(F)(F)F. The largest absolute Gasteiger partial charge is 0.479 e. The summed E-state index contributed by atoms with van der Waals surface area (Å²) in [6.45, 7) is 0.305. The molecule has 1 aromatic rings. The molecule has 0 aliphatic heterocycles. The third-order valence-electron chi connectivity index (χ3n) is 2.56. The maximum Gasteiger partial charge on any atom is 0.422 e. The number of aliphatic carboxylic acids is 1. The Kier molecular flexibility index (Phi) is 4.03. The standard InChI is InChI=1S/C10H7F3N4O4/c1-9(8(18)19,10(11,12)13)16-7-6(17(20)21)2-5(3-14)4-15-7/h2,4H,1H3,(H,15,16)(H,18,19). The van der Waals surface area contributed by atoms with Gasteiger partial charge in [-0.2, -0.15) is 18.4 Å². The number of aromatic nitrogens is 1. The lowest BCUT2D eigenvalue weighted by Gasteiger charge is -2.28. The Hall–Kier alpha value is -2.90. The Balaban J connectivity index is 3.39. The third kappa shape index (κ3) is 2.99. The lowest BCUT2D eigenvalue weighted by molar-refractivity contribution is -0.384. The average Bonchev–Trinajstić information content (AvgIpc) is 2.37. The molecule has 112 valence electrons. The molecule has 11 heteroatoms. The Morgan fingerprint density at radius 1 is 1.57 bits per heavy atom. The molecular formula is C10H7F3N4O4. The molecule has 0 aromatic carbocycles. The topological polar surface area (TPSA) is 129 Å². The van der Waals surface area contributed by atoms with Crippen molar-refractivity contribution in [2.24, 2.45) is 0 Å². The zero-order valence-corrected chi connectivity index (χ0v) is 10.3. The fraction of sp³-hybridized carbons (Fsp3) is 0.300. The van der Waals surface area contributed by atoms with Crippen LogP contribution in [0.2, 0.25) is 0 Å². The second-order valence-corrected chi connectivity index (χ2v) is 4.01. The minimum Gasteiger partial charge on any atom is -0.479 e. The zero-order valence-electron chi connectivity index (χ0n) is 10.3. The number of carboxylic acids is 1. The number of carbonyl (C=O) groups is 1. The van der Waals surface area contributed by atoms with E-state index in [1.807, 2.05) is 0 Å². The summed E-state index contributed by atoms with van der Waals surface area (Å²) in [7, 11) is 0. The van der Waals surface area contributed by atoms with Crippen molar-refractivity contribution >= 4 is 17.5 Å². The maximum absolute atomic E-state index is 12.8. The highest BCUT2D eigenvalue weighted by atomic mass is 19.4. The first-order valence-corrected chi connectivity index (χ1v) is 5.15. The number of pyridine rings is 1. The number of carboxylic acid groups (broad SMARTS) is 1. The summed E-state index contributed by atoms with van der Waals surface area (Å²) in [5.74, 6) is -3.18. The molecule has 0 spiro atoms. The van der Waals surface area contributed by atoms with Crippen molar-refractivity contribution in [2.75, 3.05) is 5.32 Å². The van der Waals surface area contributed by atoms with E-state index in [1.54, 1.807) is 0 Å². The van der Waals surface area contributed by atoms with E-state index in [0.717, 1.165) is 6.20 Å². The predicted molar refractivity (Wildman–Crippen MR) is 61.3 cm³/mol. The van der Waals surface area contributed by atoms with Gasteiger partial charge in [0.15, 0.2) is 0 Å². The summed E-state index contributed by atoms with van der Waals surface area (Å²) in [5.41, 5.74) is -4.67. The molecule has 0 radical (unpaired) electrons. The van der Waals surface area contributed by atoms with E-state index in [9.17, 15) is 28.1 Å². The van der Waals surface area contributed by atoms with Crippen molar-refractivity contribution in [3.63, 3.8) is 0 Å². The predicted octanol–water partition coefficient (Wildman–Crippen LogP) is 1.68. The fourth-order valence-electron chi connectivity index (χ4n) is 1.23. The van der Waals surface area contributed by atoms with Crippen molar-refractivity contribution in [1.29, 1.82) is 5.26 Å². The third-order valence-corrected chi connectivity index (χ3v) is 2.56. The quantitative estimate of drug-likeness (QED) is 0.639. The Morgan fingerprint density at radius 3 is 2.52 bits per heavy atom. The Morgan fingerprint density at radius 2 is 2.14 bits per heavy atom. The summed E-state index contributed by atoms with van der Waals surface area (Å²) in [5, 5.41) is 29.6. The summed E-state index contributed by atoms with van der Waals surface area (Å²) >= 11 is 0. The highest BCUT2D eigenvalue weighted by Gasteiger charge is 2.58. The minimum absolute atomic E-state index is 0.253. The molecule has 1 aromatic heterocycles. The molecule has 2 N–H and O–H groups in total. The molecule has 0 saturated carbocycles. The molecule has 1 rings (SSSR count). The number of nitrogens with one attached hydrogen (secondary N) is 1. The van der Waals surface area contributed by atoms with Crippen LogP contribution >= 0.6 is 0 Å². The van der Waals surface area contributed by atoms with E-state index in [0.29, 0.717) is 13.0 Å². The molecule has 0 amide bonds. The molecule has 1 unspecified atom stereocenters. The number of rotatable bonds is 4. The van der Waals surface area contributed by atoms with Crippen LogP contribution in [0.3, 0.4) is 0 Å². The molecule has 0 bridgehead atoms. The lowest BCUT2D eigenvalue weighted by Crippen LogP contribution is -2.55. The van der Waals surface area contributed by atoms with Crippen molar-refractivity contribution in [3.8, 4) is 6.07 Å². The van der Waals surface area contributed by atoms with E-state index in [4.69, 9.17) is 10.4 Å².